The van der Waals surface area contributed by atoms with Gasteiger partial charge in [0, 0.05) is 31.5 Å². The molecule has 1 fully saturated rings. The van der Waals surface area contributed by atoms with Crippen LogP contribution in [0.15, 0.2) is 12.3 Å². The first kappa shape index (κ1) is 16.9. The zero-order valence-corrected chi connectivity index (χ0v) is 13.8. The van der Waals surface area contributed by atoms with Crippen LogP contribution < -0.4 is 5.32 Å². The molecule has 6 nitrogen and oxygen atoms in total. The van der Waals surface area contributed by atoms with Gasteiger partial charge in [0.2, 0.25) is 11.8 Å². The predicted molar refractivity (Wildman–Crippen MR) is 82.2 cm³/mol. The van der Waals surface area contributed by atoms with E-state index in [0.29, 0.717) is 13.0 Å². The average molecular weight is 340 g/mol. The number of carbonyl (C=O) groups excluding carboxylic acids is 2. The number of hydrogen-bond acceptors (Lipinski definition) is 3. The minimum Gasteiger partial charge on any atom is -0.351 e. The van der Waals surface area contributed by atoms with Gasteiger partial charge in [-0.2, -0.15) is 5.10 Å². The van der Waals surface area contributed by atoms with Crippen molar-refractivity contribution in [3.05, 3.63) is 18.0 Å². The van der Waals surface area contributed by atoms with Gasteiger partial charge in [0.15, 0.2) is 0 Å². The molecule has 3 rings (SSSR count). The van der Waals surface area contributed by atoms with E-state index in [4.69, 9.17) is 0 Å². The van der Waals surface area contributed by atoms with Crippen LogP contribution in [-0.4, -0.2) is 45.0 Å². The van der Waals surface area contributed by atoms with Crippen LogP contribution in [0.3, 0.4) is 0 Å². The SMILES string of the molecule is CC(C)CC(=O)N1Cc2ccnn2[C@H](C(=O)NC2CC(F)(F)C2)C1. The molecule has 24 heavy (non-hydrogen) atoms. The quantitative estimate of drug-likeness (QED) is 0.908. The van der Waals surface area contributed by atoms with Crippen LogP contribution in [0.4, 0.5) is 8.78 Å². The first-order valence-corrected chi connectivity index (χ1v) is 8.23. The maximum absolute atomic E-state index is 12.9. The molecule has 2 heterocycles. The first-order chi connectivity index (χ1) is 11.2. The number of alkyl halides is 2. The van der Waals surface area contributed by atoms with Gasteiger partial charge in [-0.15, -0.1) is 0 Å². The molecular formula is C16H22F2N4O2. The van der Waals surface area contributed by atoms with Crippen molar-refractivity contribution in [1.29, 1.82) is 0 Å². The second kappa shape index (κ2) is 6.14. The van der Waals surface area contributed by atoms with Crippen LogP contribution in [0.2, 0.25) is 0 Å². The Balaban J connectivity index is 1.70. The number of amides is 2. The Kier molecular flexibility index (Phi) is 4.31. The van der Waals surface area contributed by atoms with E-state index in [0.717, 1.165) is 5.69 Å². The molecular weight excluding hydrogens is 318 g/mol. The van der Waals surface area contributed by atoms with E-state index in [1.54, 1.807) is 21.8 Å². The van der Waals surface area contributed by atoms with Crippen molar-refractivity contribution in [2.45, 2.75) is 57.7 Å². The number of nitrogens with zero attached hydrogens (tertiary/aromatic N) is 3. The summed E-state index contributed by atoms with van der Waals surface area (Å²) >= 11 is 0. The van der Waals surface area contributed by atoms with Gasteiger partial charge in [-0.05, 0) is 12.0 Å². The Hall–Kier alpha value is -1.99. The third-order valence-corrected chi connectivity index (χ3v) is 4.47. The standard InChI is InChI=1S/C16H22F2N4O2/c1-10(2)5-14(23)21-8-12-3-4-19-22(12)13(9-21)15(24)20-11-6-16(17,18)7-11/h3-4,10-11,13H,5-9H2,1-2H3,(H,20,24)/t13-/m0/s1. The van der Waals surface area contributed by atoms with Crippen molar-refractivity contribution in [1.82, 2.24) is 20.0 Å². The number of halogens is 2. The highest BCUT2D eigenvalue weighted by Gasteiger charge is 2.47. The minimum atomic E-state index is -2.68. The summed E-state index contributed by atoms with van der Waals surface area (Å²) in [6, 6.07) is 0.592. The number of aromatic nitrogens is 2. The molecule has 1 aliphatic heterocycles. The van der Waals surface area contributed by atoms with Gasteiger partial charge in [0.05, 0.1) is 18.8 Å². The van der Waals surface area contributed by atoms with E-state index >= 15 is 0 Å². The van der Waals surface area contributed by atoms with Gasteiger partial charge < -0.3 is 10.2 Å². The lowest BCUT2D eigenvalue weighted by atomic mass is 9.88. The Morgan fingerprint density at radius 2 is 2.12 bits per heavy atom. The van der Waals surface area contributed by atoms with E-state index in [-0.39, 0.29) is 37.1 Å². The average Bonchev–Trinajstić information content (AvgIpc) is 2.91. The van der Waals surface area contributed by atoms with Crippen LogP contribution in [0.25, 0.3) is 0 Å². The van der Waals surface area contributed by atoms with Crippen molar-refractivity contribution >= 4 is 11.8 Å². The molecule has 0 radical (unpaired) electrons. The molecule has 1 aromatic rings. The number of rotatable bonds is 4. The fourth-order valence-corrected chi connectivity index (χ4v) is 3.22. The Bertz CT molecular complexity index is 636. The third-order valence-electron chi connectivity index (χ3n) is 4.47. The van der Waals surface area contributed by atoms with Crippen molar-refractivity contribution in [2.75, 3.05) is 6.54 Å². The van der Waals surface area contributed by atoms with Crippen LogP contribution >= 0.6 is 0 Å². The van der Waals surface area contributed by atoms with Gasteiger partial charge in [-0.1, -0.05) is 13.8 Å². The van der Waals surface area contributed by atoms with Crippen molar-refractivity contribution in [3.8, 4) is 0 Å². The maximum atomic E-state index is 12.9. The summed E-state index contributed by atoms with van der Waals surface area (Å²) in [4.78, 5) is 26.5. The number of carbonyl (C=O) groups is 2. The fourth-order valence-electron chi connectivity index (χ4n) is 3.22. The molecule has 1 atom stereocenters. The summed E-state index contributed by atoms with van der Waals surface area (Å²) in [5.41, 5.74) is 0.775. The molecule has 0 bridgehead atoms. The van der Waals surface area contributed by atoms with E-state index in [1.165, 1.54) is 0 Å². The van der Waals surface area contributed by atoms with Crippen LogP contribution in [0.1, 0.15) is 44.8 Å². The largest absolute Gasteiger partial charge is 0.351 e. The Morgan fingerprint density at radius 3 is 2.75 bits per heavy atom. The molecule has 0 aromatic carbocycles. The van der Waals surface area contributed by atoms with Crippen molar-refractivity contribution in [2.24, 2.45) is 5.92 Å². The molecule has 1 aliphatic carbocycles. The lowest BCUT2D eigenvalue weighted by molar-refractivity contribution is -0.138. The van der Waals surface area contributed by atoms with E-state index in [2.05, 4.69) is 10.4 Å². The summed E-state index contributed by atoms with van der Waals surface area (Å²) in [6.45, 7) is 4.56. The molecule has 1 aromatic heterocycles. The van der Waals surface area contributed by atoms with Gasteiger partial charge in [0.1, 0.15) is 6.04 Å². The smallest absolute Gasteiger partial charge is 0.252 e. The maximum Gasteiger partial charge on any atom is 0.252 e. The van der Waals surface area contributed by atoms with E-state index < -0.39 is 18.0 Å². The zero-order valence-electron chi connectivity index (χ0n) is 13.8. The van der Waals surface area contributed by atoms with E-state index in [1.807, 2.05) is 13.8 Å². The van der Waals surface area contributed by atoms with Gasteiger partial charge >= 0.3 is 0 Å². The normalized spacial score (nSPS) is 22.9. The number of nitrogens with one attached hydrogen (secondary N) is 1. The minimum absolute atomic E-state index is 0.00886. The summed E-state index contributed by atoms with van der Waals surface area (Å²) in [6.07, 6.45) is 1.35. The summed E-state index contributed by atoms with van der Waals surface area (Å²) < 4.78 is 27.5. The summed E-state index contributed by atoms with van der Waals surface area (Å²) in [5, 5.41) is 6.82. The molecule has 8 heteroatoms. The molecule has 0 spiro atoms. The lowest BCUT2D eigenvalue weighted by Gasteiger charge is -2.38. The topological polar surface area (TPSA) is 67.2 Å². The monoisotopic (exact) mass is 340 g/mol. The van der Waals surface area contributed by atoms with Gasteiger partial charge in [-0.3, -0.25) is 14.3 Å². The Labute approximate surface area is 139 Å². The summed E-state index contributed by atoms with van der Waals surface area (Å²) in [5.74, 6) is -2.82. The molecule has 2 amide bonds. The molecule has 2 aliphatic rings. The molecule has 0 unspecified atom stereocenters. The van der Waals surface area contributed by atoms with Crippen LogP contribution in [0.5, 0.6) is 0 Å². The molecule has 1 saturated carbocycles. The number of fused-ring (bicyclic) bond motifs is 1. The highest BCUT2D eigenvalue weighted by molar-refractivity contribution is 5.83. The Morgan fingerprint density at radius 1 is 1.42 bits per heavy atom. The molecule has 0 saturated heterocycles. The van der Waals surface area contributed by atoms with Crippen LogP contribution in [0, 0.1) is 5.92 Å². The predicted octanol–water partition coefficient (Wildman–Crippen LogP) is 1.73. The van der Waals surface area contributed by atoms with Gasteiger partial charge in [0.25, 0.3) is 5.92 Å². The van der Waals surface area contributed by atoms with Crippen LogP contribution in [-0.2, 0) is 16.1 Å². The number of hydrogen-bond donors (Lipinski definition) is 1. The highest BCUT2D eigenvalue weighted by atomic mass is 19.3. The first-order valence-electron chi connectivity index (χ1n) is 8.23. The summed E-state index contributed by atoms with van der Waals surface area (Å²) in [7, 11) is 0. The molecule has 1 N–H and O–H groups in total. The second-order valence-electron chi connectivity index (χ2n) is 7.12. The zero-order chi connectivity index (χ0) is 17.5. The fraction of sp³-hybridized carbons (Fsp3) is 0.688. The highest BCUT2D eigenvalue weighted by Crippen LogP contribution is 2.37. The second-order valence-corrected chi connectivity index (χ2v) is 7.12. The lowest BCUT2D eigenvalue weighted by Crippen LogP contribution is -2.54. The molecule has 132 valence electrons. The van der Waals surface area contributed by atoms with E-state index in [9.17, 15) is 18.4 Å². The van der Waals surface area contributed by atoms with Gasteiger partial charge in [-0.25, -0.2) is 8.78 Å². The van der Waals surface area contributed by atoms with Crippen molar-refractivity contribution < 1.29 is 18.4 Å². The third kappa shape index (κ3) is 3.42. The van der Waals surface area contributed by atoms with Crippen molar-refractivity contribution in [3.63, 3.8) is 0 Å².